The Morgan fingerprint density at radius 1 is 1.16 bits per heavy atom. The molecule has 2 aromatic rings. The molecule has 0 amide bonds. The summed E-state index contributed by atoms with van der Waals surface area (Å²) in [5.41, 5.74) is 0.887. The Labute approximate surface area is 143 Å². The minimum absolute atomic E-state index is 0.125. The topological polar surface area (TPSA) is 120 Å². The number of ether oxygens (including phenoxy) is 2. The van der Waals surface area contributed by atoms with Crippen molar-refractivity contribution >= 4 is 21.4 Å². The first-order valence-corrected chi connectivity index (χ1v) is 8.56. The van der Waals surface area contributed by atoms with E-state index in [0.717, 1.165) is 24.3 Å². The van der Waals surface area contributed by atoms with Gasteiger partial charge in [-0.05, 0) is 37.3 Å². The summed E-state index contributed by atoms with van der Waals surface area (Å²) in [6.45, 7) is 1.78. The summed E-state index contributed by atoms with van der Waals surface area (Å²) in [7, 11) is -3.93. The molecule has 0 fully saturated rings. The molecule has 3 rings (SSSR count). The first-order valence-electron chi connectivity index (χ1n) is 7.07. The van der Waals surface area contributed by atoms with E-state index in [1.807, 2.05) is 0 Å². The highest BCUT2D eigenvalue weighted by molar-refractivity contribution is 7.89. The molecular weight excluding hydrogens is 350 g/mol. The van der Waals surface area contributed by atoms with Crippen molar-refractivity contribution in [3.05, 3.63) is 58.1 Å². The van der Waals surface area contributed by atoms with Gasteiger partial charge in [0.2, 0.25) is 6.79 Å². The van der Waals surface area contributed by atoms with Crippen LogP contribution < -0.4 is 14.3 Å². The molecule has 0 spiro atoms. The Balaban J connectivity index is 1.78. The van der Waals surface area contributed by atoms with Crippen molar-refractivity contribution in [2.24, 2.45) is 5.10 Å². The van der Waals surface area contributed by atoms with Gasteiger partial charge in [-0.3, -0.25) is 10.1 Å². The fourth-order valence-electron chi connectivity index (χ4n) is 2.11. The highest BCUT2D eigenvalue weighted by Crippen LogP contribution is 2.32. The molecule has 25 heavy (non-hydrogen) atoms. The number of nitrogens with one attached hydrogen (secondary N) is 1. The number of non-ortho nitro benzene ring substituents is 1. The van der Waals surface area contributed by atoms with E-state index in [2.05, 4.69) is 9.93 Å². The average molecular weight is 363 g/mol. The predicted octanol–water partition coefficient (Wildman–Crippen LogP) is 2.03. The van der Waals surface area contributed by atoms with Crippen molar-refractivity contribution < 1.29 is 22.8 Å². The number of nitro groups is 1. The molecular formula is C15H13N3O6S. The lowest BCUT2D eigenvalue weighted by atomic mass is 10.1. The van der Waals surface area contributed by atoms with Crippen molar-refractivity contribution in [2.45, 2.75) is 11.8 Å². The number of benzene rings is 2. The zero-order chi connectivity index (χ0) is 18.0. The van der Waals surface area contributed by atoms with Crippen LogP contribution in [-0.4, -0.2) is 25.8 Å². The number of nitro benzene ring substituents is 1. The van der Waals surface area contributed by atoms with Crippen molar-refractivity contribution in [1.29, 1.82) is 0 Å². The van der Waals surface area contributed by atoms with Crippen molar-refractivity contribution in [1.82, 2.24) is 4.83 Å². The van der Waals surface area contributed by atoms with Gasteiger partial charge in [-0.2, -0.15) is 18.4 Å². The highest BCUT2D eigenvalue weighted by Gasteiger charge is 2.17. The molecule has 0 unspecified atom stereocenters. The van der Waals surface area contributed by atoms with Crippen LogP contribution in [0.2, 0.25) is 0 Å². The second kappa shape index (κ2) is 6.40. The van der Waals surface area contributed by atoms with E-state index < -0.39 is 14.9 Å². The third-order valence-corrected chi connectivity index (χ3v) is 4.71. The number of sulfonamides is 1. The first kappa shape index (κ1) is 16.7. The minimum Gasteiger partial charge on any atom is -0.454 e. The Morgan fingerprint density at radius 3 is 2.52 bits per heavy atom. The van der Waals surface area contributed by atoms with Gasteiger partial charge in [-0.15, -0.1) is 0 Å². The third-order valence-electron chi connectivity index (χ3n) is 3.48. The van der Waals surface area contributed by atoms with Crippen LogP contribution >= 0.6 is 0 Å². The zero-order valence-corrected chi connectivity index (χ0v) is 13.8. The van der Waals surface area contributed by atoms with Gasteiger partial charge in [0.25, 0.3) is 15.7 Å². The van der Waals surface area contributed by atoms with E-state index in [9.17, 15) is 18.5 Å². The van der Waals surface area contributed by atoms with Gasteiger partial charge in [0.1, 0.15) is 0 Å². The van der Waals surface area contributed by atoms with E-state index in [4.69, 9.17) is 9.47 Å². The summed E-state index contributed by atoms with van der Waals surface area (Å²) in [6.07, 6.45) is 0. The number of rotatable bonds is 5. The number of hydrogen-bond acceptors (Lipinski definition) is 7. The molecule has 0 bridgehead atoms. The Kier molecular flexibility index (Phi) is 4.28. The van der Waals surface area contributed by atoms with Crippen LogP contribution in [0.5, 0.6) is 11.5 Å². The van der Waals surface area contributed by atoms with Gasteiger partial charge >= 0.3 is 0 Å². The monoisotopic (exact) mass is 363 g/mol. The maximum Gasteiger partial charge on any atom is 0.276 e. The largest absolute Gasteiger partial charge is 0.454 e. The van der Waals surface area contributed by atoms with Gasteiger partial charge in [0, 0.05) is 17.7 Å². The molecule has 0 radical (unpaired) electrons. The second-order valence-electron chi connectivity index (χ2n) is 5.11. The molecule has 9 nitrogen and oxygen atoms in total. The molecule has 130 valence electrons. The summed E-state index contributed by atoms with van der Waals surface area (Å²) in [5, 5.41) is 14.5. The molecule has 10 heteroatoms. The van der Waals surface area contributed by atoms with E-state index in [1.165, 1.54) is 0 Å². The fraction of sp³-hybridized carbons (Fsp3) is 0.133. The lowest BCUT2D eigenvalue weighted by molar-refractivity contribution is -0.384. The molecule has 1 aliphatic rings. The standard InChI is InChI=1S/C15H13N3O6S/c1-10(11-2-7-14-15(8-11)24-9-23-14)16-17-25(21,22)13-5-3-12(4-6-13)18(19)20/h2-8,17H,9H2,1H3/b16-10-. The maximum absolute atomic E-state index is 12.2. The quantitative estimate of drug-likeness (QED) is 0.493. The van der Waals surface area contributed by atoms with Crippen LogP contribution in [0.1, 0.15) is 12.5 Å². The molecule has 2 aromatic carbocycles. The molecule has 1 aliphatic heterocycles. The molecule has 0 atom stereocenters. The van der Waals surface area contributed by atoms with Crippen LogP contribution in [0.25, 0.3) is 0 Å². The van der Waals surface area contributed by atoms with Gasteiger partial charge < -0.3 is 9.47 Å². The molecule has 0 saturated carbocycles. The normalized spacial score (nSPS) is 13.6. The number of nitrogens with zero attached hydrogens (tertiary/aromatic N) is 2. The molecule has 0 aromatic heterocycles. The van der Waals surface area contributed by atoms with Crippen molar-refractivity contribution in [3.63, 3.8) is 0 Å². The van der Waals surface area contributed by atoms with Crippen molar-refractivity contribution in [2.75, 3.05) is 6.79 Å². The van der Waals surface area contributed by atoms with Gasteiger partial charge in [0.15, 0.2) is 11.5 Å². The Hall–Kier alpha value is -3.14. The Bertz CT molecular complexity index is 954. The molecule has 1 heterocycles. The van der Waals surface area contributed by atoms with Gasteiger partial charge in [-0.1, -0.05) is 0 Å². The van der Waals surface area contributed by atoms with Crippen LogP contribution in [-0.2, 0) is 10.0 Å². The van der Waals surface area contributed by atoms with Crippen LogP contribution in [0.3, 0.4) is 0 Å². The lowest BCUT2D eigenvalue weighted by Gasteiger charge is -2.06. The molecule has 0 aliphatic carbocycles. The minimum atomic E-state index is -3.93. The van der Waals surface area contributed by atoms with Gasteiger partial charge in [-0.25, -0.2) is 0 Å². The predicted molar refractivity (Wildman–Crippen MR) is 88.2 cm³/mol. The third kappa shape index (κ3) is 3.53. The lowest BCUT2D eigenvalue weighted by Crippen LogP contribution is -2.20. The smallest absolute Gasteiger partial charge is 0.276 e. The molecule has 1 N–H and O–H groups in total. The maximum atomic E-state index is 12.2. The summed E-state index contributed by atoms with van der Waals surface area (Å²) in [4.78, 5) is 12.0. The van der Waals surface area contributed by atoms with E-state index in [-0.39, 0.29) is 17.4 Å². The summed E-state index contributed by atoms with van der Waals surface area (Å²) in [6, 6.07) is 9.65. The van der Waals surface area contributed by atoms with Gasteiger partial charge in [0.05, 0.1) is 15.5 Å². The van der Waals surface area contributed by atoms with Crippen molar-refractivity contribution in [3.8, 4) is 11.5 Å². The zero-order valence-electron chi connectivity index (χ0n) is 13.0. The van der Waals surface area contributed by atoms with E-state index >= 15 is 0 Å². The average Bonchev–Trinajstić information content (AvgIpc) is 3.07. The number of fused-ring (bicyclic) bond motifs is 1. The van der Waals surface area contributed by atoms with E-state index in [1.54, 1.807) is 25.1 Å². The summed E-state index contributed by atoms with van der Waals surface area (Å²) >= 11 is 0. The second-order valence-corrected chi connectivity index (χ2v) is 6.77. The number of hydrazone groups is 1. The first-order chi connectivity index (χ1) is 11.9. The fourth-order valence-corrected chi connectivity index (χ4v) is 2.97. The van der Waals surface area contributed by atoms with E-state index in [0.29, 0.717) is 22.8 Å². The van der Waals surface area contributed by atoms with Crippen LogP contribution in [0, 0.1) is 10.1 Å². The Morgan fingerprint density at radius 2 is 1.84 bits per heavy atom. The van der Waals surface area contributed by atoms with Crippen LogP contribution in [0.15, 0.2) is 52.5 Å². The number of hydrogen-bond donors (Lipinski definition) is 1. The molecule has 0 saturated heterocycles. The summed E-state index contributed by atoms with van der Waals surface area (Å²) in [5.74, 6) is 1.17. The SMILES string of the molecule is C/C(=N/NS(=O)(=O)c1ccc([N+](=O)[O-])cc1)c1ccc2c(c1)OCO2. The highest BCUT2D eigenvalue weighted by atomic mass is 32.2. The van der Waals surface area contributed by atoms with Crippen LogP contribution in [0.4, 0.5) is 5.69 Å². The summed E-state index contributed by atoms with van der Waals surface area (Å²) < 4.78 is 34.9.